The minimum atomic E-state index is -4.48. The van der Waals surface area contributed by atoms with E-state index in [1.807, 2.05) is 0 Å². The molecule has 14 heteroatoms. The molecule has 0 saturated carbocycles. The molecule has 2 aromatic heterocycles. The summed E-state index contributed by atoms with van der Waals surface area (Å²) in [6, 6.07) is 4.91. The first-order valence-corrected chi connectivity index (χ1v) is 10.1. The smallest absolute Gasteiger partial charge is 0.309 e. The van der Waals surface area contributed by atoms with Gasteiger partial charge in [0, 0.05) is 19.8 Å². The molecule has 3 heterocycles. The Balaban J connectivity index is 1.82. The second-order valence-corrected chi connectivity index (χ2v) is 7.95. The Bertz CT molecular complexity index is 1240. The van der Waals surface area contributed by atoms with Gasteiger partial charge in [-0.3, -0.25) is 13.9 Å². The van der Waals surface area contributed by atoms with Crippen LogP contribution in [-0.2, 0) is 26.8 Å². The average molecular weight is 456 g/mol. The van der Waals surface area contributed by atoms with Crippen molar-refractivity contribution in [2.75, 3.05) is 5.75 Å². The second kappa shape index (κ2) is 8.12. The van der Waals surface area contributed by atoms with Crippen molar-refractivity contribution in [1.29, 1.82) is 0 Å². The Kier molecular flexibility index (Phi) is 5.65. The van der Waals surface area contributed by atoms with Gasteiger partial charge in [-0.05, 0) is 17.7 Å². The first-order chi connectivity index (χ1) is 14.7. The van der Waals surface area contributed by atoms with Crippen molar-refractivity contribution >= 4 is 22.9 Å². The first kappa shape index (κ1) is 21.6. The maximum Gasteiger partial charge on any atom is 0.416 e. The van der Waals surface area contributed by atoms with Gasteiger partial charge in [0.25, 0.3) is 5.56 Å². The lowest BCUT2D eigenvalue weighted by Gasteiger charge is -2.13. The molecule has 1 aliphatic rings. The fourth-order valence-corrected chi connectivity index (χ4v) is 4.18. The van der Waals surface area contributed by atoms with E-state index in [1.54, 1.807) is 10.6 Å². The van der Waals surface area contributed by atoms with Crippen molar-refractivity contribution in [3.8, 4) is 0 Å². The average Bonchev–Trinajstić information content (AvgIpc) is 3.37. The quantitative estimate of drug-likeness (QED) is 0.399. The van der Waals surface area contributed by atoms with Gasteiger partial charge in [-0.25, -0.2) is 20.6 Å². The summed E-state index contributed by atoms with van der Waals surface area (Å²) in [6.45, 7) is -0.0157. The first-order valence-electron chi connectivity index (χ1n) is 9.13. The number of imidazole rings is 1. The van der Waals surface area contributed by atoms with Gasteiger partial charge in [0.1, 0.15) is 0 Å². The van der Waals surface area contributed by atoms with Crippen molar-refractivity contribution in [1.82, 2.24) is 40.6 Å². The number of aryl methyl sites for hydroxylation is 1. The van der Waals surface area contributed by atoms with Gasteiger partial charge < -0.3 is 4.57 Å². The van der Waals surface area contributed by atoms with Crippen LogP contribution in [0.2, 0.25) is 0 Å². The Morgan fingerprint density at radius 2 is 1.84 bits per heavy atom. The zero-order valence-electron chi connectivity index (χ0n) is 16.4. The number of halogens is 3. The number of fused-ring (bicyclic) bond motifs is 1. The summed E-state index contributed by atoms with van der Waals surface area (Å²) in [5, 5.41) is 0.404. The third-order valence-corrected chi connectivity index (χ3v) is 5.91. The minimum Gasteiger partial charge on any atom is -0.309 e. The number of alkyl halides is 3. The van der Waals surface area contributed by atoms with Crippen LogP contribution in [-0.4, -0.2) is 30.6 Å². The molecule has 0 unspecified atom stereocenters. The number of hydrogen-bond donors (Lipinski definition) is 4. The molecule has 1 aliphatic heterocycles. The largest absolute Gasteiger partial charge is 0.416 e. The molecular formula is C17H19F3N8O2S. The van der Waals surface area contributed by atoms with Gasteiger partial charge in [0.05, 0.1) is 18.3 Å². The third-order valence-electron chi connectivity index (χ3n) is 4.84. The number of rotatable bonds is 5. The van der Waals surface area contributed by atoms with E-state index < -0.39 is 23.0 Å². The molecule has 3 aromatic rings. The Morgan fingerprint density at radius 1 is 1.13 bits per heavy atom. The molecule has 10 nitrogen and oxygen atoms in total. The molecule has 0 radical (unpaired) electrons. The fourth-order valence-electron chi connectivity index (χ4n) is 3.24. The van der Waals surface area contributed by atoms with Gasteiger partial charge in [-0.2, -0.15) is 24.2 Å². The van der Waals surface area contributed by atoms with Crippen LogP contribution in [0, 0.1) is 0 Å². The van der Waals surface area contributed by atoms with E-state index in [-0.39, 0.29) is 23.9 Å². The van der Waals surface area contributed by atoms with Gasteiger partial charge >= 0.3 is 11.9 Å². The highest BCUT2D eigenvalue weighted by Gasteiger charge is 2.30. The van der Waals surface area contributed by atoms with E-state index in [9.17, 15) is 22.8 Å². The monoisotopic (exact) mass is 456 g/mol. The molecule has 166 valence electrons. The van der Waals surface area contributed by atoms with E-state index in [2.05, 4.69) is 26.9 Å². The molecule has 4 N–H and O–H groups in total. The van der Waals surface area contributed by atoms with Crippen LogP contribution >= 0.6 is 11.8 Å². The fraction of sp³-hybridized carbons (Fsp3) is 0.353. The Hall–Kier alpha value is -2.65. The van der Waals surface area contributed by atoms with Crippen LogP contribution < -0.4 is 33.2 Å². The summed E-state index contributed by atoms with van der Waals surface area (Å²) in [7, 11) is 2.84. The summed E-state index contributed by atoms with van der Waals surface area (Å²) in [5.41, 5.74) is 10.0. The van der Waals surface area contributed by atoms with E-state index in [1.165, 1.54) is 36.5 Å². The van der Waals surface area contributed by atoms with Crippen molar-refractivity contribution < 1.29 is 13.2 Å². The van der Waals surface area contributed by atoms with E-state index in [4.69, 9.17) is 0 Å². The lowest BCUT2D eigenvalue weighted by Crippen LogP contribution is -2.37. The standard InChI is InChI=1S/C17H19F3N8O2S/c1-26-13-12(14(29)27(2)16(26)30)28(15(21-13)31-8-11-22-24-25-23-11)7-9-4-3-5-10(6-9)17(18,19)20/h3-6,11,22-25H,7-8H2,1-2H3. The zero-order chi connectivity index (χ0) is 22.3. The Morgan fingerprint density at radius 3 is 2.52 bits per heavy atom. The van der Waals surface area contributed by atoms with E-state index >= 15 is 0 Å². The molecule has 0 atom stereocenters. The van der Waals surface area contributed by atoms with Crippen LogP contribution in [0.4, 0.5) is 13.2 Å². The lowest BCUT2D eigenvalue weighted by atomic mass is 10.1. The van der Waals surface area contributed by atoms with Crippen molar-refractivity contribution in [3.63, 3.8) is 0 Å². The number of benzene rings is 1. The number of nitrogens with one attached hydrogen (secondary N) is 4. The normalized spacial score (nSPS) is 15.3. The topological polar surface area (TPSA) is 110 Å². The zero-order valence-corrected chi connectivity index (χ0v) is 17.3. The van der Waals surface area contributed by atoms with E-state index in [0.29, 0.717) is 16.5 Å². The molecule has 0 bridgehead atoms. The highest BCUT2D eigenvalue weighted by Crippen LogP contribution is 2.30. The van der Waals surface area contributed by atoms with E-state index in [0.717, 1.165) is 16.7 Å². The molecule has 1 aromatic carbocycles. The molecular weight excluding hydrogens is 437 g/mol. The Labute approximate surface area is 177 Å². The van der Waals surface area contributed by atoms with Crippen molar-refractivity contribution in [3.05, 3.63) is 56.2 Å². The minimum absolute atomic E-state index is 0.0157. The number of hydrazine groups is 3. The molecule has 0 spiro atoms. The molecule has 1 fully saturated rings. The summed E-state index contributed by atoms with van der Waals surface area (Å²) in [6.07, 6.45) is -4.65. The molecule has 1 saturated heterocycles. The summed E-state index contributed by atoms with van der Waals surface area (Å²) >= 11 is 1.29. The highest BCUT2D eigenvalue weighted by molar-refractivity contribution is 7.99. The predicted molar refractivity (Wildman–Crippen MR) is 108 cm³/mol. The maximum atomic E-state index is 13.1. The van der Waals surface area contributed by atoms with Crippen molar-refractivity contribution in [2.24, 2.45) is 14.1 Å². The number of aromatic nitrogens is 4. The number of hydrogen-bond acceptors (Lipinski definition) is 8. The molecule has 31 heavy (non-hydrogen) atoms. The van der Waals surface area contributed by atoms with Crippen LogP contribution in [0.3, 0.4) is 0 Å². The summed E-state index contributed by atoms with van der Waals surface area (Å²) in [5.74, 6) is 0.472. The van der Waals surface area contributed by atoms with Crippen LogP contribution in [0.1, 0.15) is 11.1 Å². The second-order valence-electron chi connectivity index (χ2n) is 6.96. The van der Waals surface area contributed by atoms with Gasteiger partial charge in [-0.1, -0.05) is 23.9 Å². The predicted octanol–water partition coefficient (Wildman–Crippen LogP) is 0.0360. The molecule has 4 rings (SSSR count). The SMILES string of the molecule is Cn1c(=O)c2c(nc(SCC3NNNN3)n2Cc2cccc(C(F)(F)F)c2)n(C)c1=O. The lowest BCUT2D eigenvalue weighted by molar-refractivity contribution is -0.137. The number of thioether (sulfide) groups is 1. The number of nitrogens with zero attached hydrogens (tertiary/aromatic N) is 4. The maximum absolute atomic E-state index is 13.1. The third kappa shape index (κ3) is 4.12. The van der Waals surface area contributed by atoms with Gasteiger partial charge in [0.15, 0.2) is 16.3 Å². The van der Waals surface area contributed by atoms with Crippen molar-refractivity contribution in [2.45, 2.75) is 24.0 Å². The highest BCUT2D eigenvalue weighted by atomic mass is 32.2. The van der Waals surface area contributed by atoms with Crippen LogP contribution in [0.25, 0.3) is 11.2 Å². The van der Waals surface area contributed by atoms with Crippen LogP contribution in [0.5, 0.6) is 0 Å². The molecule has 0 amide bonds. The van der Waals surface area contributed by atoms with Gasteiger partial charge in [-0.15, -0.1) is 0 Å². The van der Waals surface area contributed by atoms with Gasteiger partial charge in [0.2, 0.25) is 0 Å². The summed E-state index contributed by atoms with van der Waals surface area (Å²) < 4.78 is 43.2. The molecule has 0 aliphatic carbocycles. The summed E-state index contributed by atoms with van der Waals surface area (Å²) in [4.78, 5) is 29.6. The van der Waals surface area contributed by atoms with Crippen LogP contribution in [0.15, 0.2) is 39.0 Å².